The van der Waals surface area contributed by atoms with E-state index in [9.17, 15) is 0 Å². The second-order valence-electron chi connectivity index (χ2n) is 9.68. The van der Waals surface area contributed by atoms with Gasteiger partial charge in [-0.05, 0) is 57.6 Å². The molecule has 0 saturated carbocycles. The van der Waals surface area contributed by atoms with Gasteiger partial charge in [0.15, 0.2) is 0 Å². The number of furan rings is 1. The fourth-order valence-corrected chi connectivity index (χ4v) is 5.07. The van der Waals surface area contributed by atoms with Crippen molar-refractivity contribution in [1.29, 1.82) is 0 Å². The third-order valence-corrected chi connectivity index (χ3v) is 7.09. The number of benzene rings is 5. The second kappa shape index (κ2) is 12.3. The molecule has 42 heavy (non-hydrogen) atoms. The zero-order chi connectivity index (χ0) is 27.4. The largest absolute Gasteiger partial charge is 0.501 e. The van der Waals surface area contributed by atoms with E-state index in [1.54, 1.807) is 6.20 Å². The zero-order valence-electron chi connectivity index (χ0n) is 22.5. The molecule has 0 N–H and O–H groups in total. The van der Waals surface area contributed by atoms with E-state index in [0.717, 1.165) is 50.0 Å². The molecule has 8 aromatic rings. The van der Waals surface area contributed by atoms with Crippen molar-refractivity contribution in [2.24, 2.45) is 0 Å². The van der Waals surface area contributed by atoms with E-state index in [1.807, 2.05) is 79.0 Å². The van der Waals surface area contributed by atoms with Crippen LogP contribution in [0.3, 0.4) is 0 Å². The predicted molar refractivity (Wildman–Crippen MR) is 167 cm³/mol. The van der Waals surface area contributed by atoms with Gasteiger partial charge >= 0.3 is 0 Å². The van der Waals surface area contributed by atoms with Gasteiger partial charge in [0, 0.05) is 37.9 Å². The Hall–Kier alpha value is -4.89. The molecule has 8 rings (SSSR count). The molecule has 0 spiro atoms. The zero-order valence-corrected chi connectivity index (χ0v) is 24.9. The minimum atomic E-state index is 0. The number of nitrogens with zero attached hydrogens (tertiary/aromatic N) is 2. The molecule has 3 nitrogen and oxygen atoms in total. The molecule has 0 bridgehead atoms. The van der Waals surface area contributed by atoms with Crippen molar-refractivity contribution in [3.05, 3.63) is 158 Å². The molecule has 0 fully saturated rings. The van der Waals surface area contributed by atoms with Crippen LogP contribution in [-0.2, 0) is 20.1 Å². The van der Waals surface area contributed by atoms with Gasteiger partial charge < -0.3 is 14.4 Å². The van der Waals surface area contributed by atoms with E-state index in [1.165, 1.54) is 16.3 Å². The first-order chi connectivity index (χ1) is 20.3. The number of aromatic nitrogens is 2. The van der Waals surface area contributed by atoms with Crippen molar-refractivity contribution >= 4 is 32.7 Å². The Morgan fingerprint density at radius 2 is 1.31 bits per heavy atom. The van der Waals surface area contributed by atoms with Crippen molar-refractivity contribution in [2.75, 3.05) is 0 Å². The minimum Gasteiger partial charge on any atom is -0.501 e. The van der Waals surface area contributed by atoms with Crippen LogP contribution < -0.4 is 0 Å². The molecule has 0 saturated heterocycles. The van der Waals surface area contributed by atoms with Gasteiger partial charge in [-0.2, -0.15) is 0 Å². The normalized spacial score (nSPS) is 10.7. The summed E-state index contributed by atoms with van der Waals surface area (Å²) in [4.78, 5) is 8.84. The second-order valence-corrected chi connectivity index (χ2v) is 9.68. The van der Waals surface area contributed by atoms with Crippen molar-refractivity contribution in [1.82, 2.24) is 9.97 Å². The number of fused-ring (bicyclic) bond motifs is 4. The summed E-state index contributed by atoms with van der Waals surface area (Å²) in [6, 6.07) is 51.4. The van der Waals surface area contributed by atoms with Gasteiger partial charge in [-0.25, -0.2) is 0 Å². The van der Waals surface area contributed by atoms with Crippen LogP contribution in [0.5, 0.6) is 0 Å². The van der Waals surface area contributed by atoms with Crippen LogP contribution in [0.4, 0.5) is 0 Å². The topological polar surface area (TPSA) is 38.9 Å². The van der Waals surface area contributed by atoms with Gasteiger partial charge in [0.25, 0.3) is 0 Å². The molecule has 5 aromatic carbocycles. The van der Waals surface area contributed by atoms with E-state index in [2.05, 4.69) is 82.8 Å². The molecule has 4 heteroatoms. The fraction of sp³-hybridized carbons (Fsp3) is 0. The van der Waals surface area contributed by atoms with Gasteiger partial charge in [0.05, 0.1) is 5.58 Å². The maximum Gasteiger partial charge on any atom is 0.120 e. The molecule has 1 radical (unpaired) electrons. The minimum absolute atomic E-state index is 0. The third kappa shape index (κ3) is 5.51. The van der Waals surface area contributed by atoms with Crippen LogP contribution in [0.15, 0.2) is 150 Å². The molecule has 0 atom stereocenters. The average molecular weight is 717 g/mol. The quantitative estimate of drug-likeness (QED) is 0.171. The maximum atomic E-state index is 6.17. The van der Waals surface area contributed by atoms with Gasteiger partial charge in [0.1, 0.15) is 5.58 Å². The van der Waals surface area contributed by atoms with Crippen LogP contribution in [0.1, 0.15) is 0 Å². The summed E-state index contributed by atoms with van der Waals surface area (Å²) in [5, 5.41) is 4.68. The summed E-state index contributed by atoms with van der Waals surface area (Å²) in [7, 11) is 0. The van der Waals surface area contributed by atoms with E-state index in [-0.39, 0.29) is 20.1 Å². The van der Waals surface area contributed by atoms with Crippen LogP contribution in [0.2, 0.25) is 0 Å². The van der Waals surface area contributed by atoms with Gasteiger partial charge in [-0.1, -0.05) is 83.7 Å². The third-order valence-electron chi connectivity index (χ3n) is 7.09. The monoisotopic (exact) mass is 717 g/mol. The van der Waals surface area contributed by atoms with Crippen LogP contribution in [0.25, 0.3) is 66.4 Å². The molecule has 203 valence electrons. The summed E-state index contributed by atoms with van der Waals surface area (Å²) in [5.74, 6) is 0. The Morgan fingerprint density at radius 1 is 0.524 bits per heavy atom. The number of pyridine rings is 2. The van der Waals surface area contributed by atoms with Gasteiger partial charge in [-0.15, -0.1) is 54.1 Å². The first-order valence-corrected chi connectivity index (χ1v) is 13.5. The molecule has 0 unspecified atom stereocenters. The summed E-state index contributed by atoms with van der Waals surface area (Å²) in [6.45, 7) is 0. The molecular formula is C38H24IrN2O-2. The molecule has 0 aliphatic heterocycles. The van der Waals surface area contributed by atoms with Crippen LogP contribution in [0, 0.1) is 12.1 Å². The standard InChI is InChI=1S/C27H16NO.C11H8N.Ir/c1-2-7-19-16-20(13-12-18(19)6-1)21-14-15-28-25(17-21)24-10-5-9-23-22-8-3-4-11-26(22)29-27(23)24;1-2-6-10(7-3-1)11-8-4-5-9-12-11;/h1-9,11-17H;1-6,8-9H;/q2*-1;. The SMILES string of the molecule is [Ir].[c-]1ccc2c(oc3ccccc32)c1-c1cc(-c2ccc3ccccc3c2)ccn1.[c-]1ccccc1-c1ccccn1. The summed E-state index contributed by atoms with van der Waals surface area (Å²) in [6.07, 6.45) is 3.64. The van der Waals surface area contributed by atoms with Gasteiger partial charge in [0.2, 0.25) is 0 Å². The molecule has 3 heterocycles. The number of hydrogen-bond donors (Lipinski definition) is 0. The van der Waals surface area contributed by atoms with E-state index in [0.29, 0.717) is 0 Å². The first kappa shape index (κ1) is 27.3. The van der Waals surface area contributed by atoms with Gasteiger partial charge in [-0.3, -0.25) is 0 Å². The van der Waals surface area contributed by atoms with Crippen molar-refractivity contribution in [3.8, 4) is 33.6 Å². The number of para-hydroxylation sites is 1. The Labute approximate surface area is 257 Å². The van der Waals surface area contributed by atoms with E-state index < -0.39 is 0 Å². The number of rotatable bonds is 3. The maximum absolute atomic E-state index is 6.17. The molecule has 0 amide bonds. The smallest absolute Gasteiger partial charge is 0.120 e. The van der Waals surface area contributed by atoms with Crippen molar-refractivity contribution in [3.63, 3.8) is 0 Å². The average Bonchev–Trinajstić information content (AvgIpc) is 3.45. The molecule has 0 aliphatic rings. The Bertz CT molecular complexity index is 2070. The van der Waals surface area contributed by atoms with Crippen LogP contribution in [-0.4, -0.2) is 9.97 Å². The Kier molecular flexibility index (Phi) is 8.00. The molecule has 0 aliphatic carbocycles. The van der Waals surface area contributed by atoms with Crippen LogP contribution >= 0.6 is 0 Å². The Morgan fingerprint density at radius 3 is 2.17 bits per heavy atom. The van der Waals surface area contributed by atoms with E-state index in [4.69, 9.17) is 4.42 Å². The van der Waals surface area contributed by atoms with Crippen molar-refractivity contribution < 1.29 is 24.5 Å². The van der Waals surface area contributed by atoms with E-state index >= 15 is 0 Å². The Balaban J connectivity index is 0.000000205. The molecule has 3 aromatic heterocycles. The van der Waals surface area contributed by atoms with Crippen molar-refractivity contribution in [2.45, 2.75) is 0 Å². The fourth-order valence-electron chi connectivity index (χ4n) is 5.07. The summed E-state index contributed by atoms with van der Waals surface area (Å²) in [5.41, 5.74) is 7.77. The first-order valence-electron chi connectivity index (χ1n) is 13.5. The number of hydrogen-bond acceptors (Lipinski definition) is 3. The predicted octanol–water partition coefficient (Wildman–Crippen LogP) is 9.81. The summed E-state index contributed by atoms with van der Waals surface area (Å²) < 4.78 is 6.17. The molecular weight excluding hydrogens is 693 g/mol. The summed E-state index contributed by atoms with van der Waals surface area (Å²) >= 11 is 0.